The number of fused-ring (bicyclic) bond motifs is 1. The highest BCUT2D eigenvalue weighted by molar-refractivity contribution is 5.94. The van der Waals surface area contributed by atoms with E-state index >= 15 is 0 Å². The molecule has 1 aromatic rings. The fourth-order valence-corrected chi connectivity index (χ4v) is 2.53. The highest BCUT2D eigenvalue weighted by Gasteiger charge is 2.50. The first-order chi connectivity index (χ1) is 8.92. The molecule has 8 heteroatoms. The van der Waals surface area contributed by atoms with E-state index in [0.717, 1.165) is 17.6 Å². The van der Waals surface area contributed by atoms with Gasteiger partial charge in [-0.15, -0.1) is 0 Å². The zero-order valence-electron chi connectivity index (χ0n) is 9.94. The third kappa shape index (κ3) is 2.73. The molecule has 2 fully saturated rings. The van der Waals surface area contributed by atoms with Crippen molar-refractivity contribution in [1.29, 1.82) is 0 Å². The number of halogens is 3. The van der Waals surface area contributed by atoms with Crippen LogP contribution in [-0.4, -0.2) is 34.5 Å². The monoisotopic (exact) mass is 274 g/mol. The molecule has 3 rings (SSSR count). The van der Waals surface area contributed by atoms with Crippen LogP contribution < -0.4 is 10.6 Å². The summed E-state index contributed by atoms with van der Waals surface area (Å²) in [6.45, 7) is -0.319. The quantitative estimate of drug-likeness (QED) is 0.864. The Hall–Kier alpha value is -1.57. The van der Waals surface area contributed by atoms with E-state index in [9.17, 15) is 18.0 Å². The first-order valence-corrected chi connectivity index (χ1v) is 6.07. The second kappa shape index (κ2) is 4.22. The lowest BCUT2D eigenvalue weighted by molar-refractivity contribution is -0.142. The lowest BCUT2D eigenvalue weighted by Gasteiger charge is -2.11. The summed E-state index contributed by atoms with van der Waals surface area (Å²) in [5, 5.41) is 9.32. The third-order valence-electron chi connectivity index (χ3n) is 3.52. The molecule has 1 aromatic heterocycles. The molecule has 2 heterocycles. The number of nitrogens with one attached hydrogen (secondary N) is 2. The van der Waals surface area contributed by atoms with Crippen molar-refractivity contribution < 1.29 is 18.0 Å². The van der Waals surface area contributed by atoms with Crippen molar-refractivity contribution in [2.75, 3.05) is 11.9 Å². The Balaban J connectivity index is 1.59. The molecule has 2 N–H and O–H groups in total. The largest absolute Gasteiger partial charge is 0.408 e. The molecule has 3 unspecified atom stereocenters. The SMILES string of the molecule is O=C(Nc1ccn(CC(F)(F)F)n1)C1NCC2CC21. The Kier molecular flexibility index (Phi) is 2.77. The van der Waals surface area contributed by atoms with Gasteiger partial charge in [0, 0.05) is 12.3 Å². The molecule has 3 atom stereocenters. The number of carbonyl (C=O) groups excluding carboxylic acids is 1. The number of alkyl halides is 3. The second-order valence-corrected chi connectivity index (χ2v) is 5.05. The summed E-state index contributed by atoms with van der Waals surface area (Å²) < 4.78 is 37.2. The molecule has 1 aliphatic carbocycles. The first kappa shape index (κ1) is 12.5. The number of hydrogen-bond acceptors (Lipinski definition) is 3. The van der Waals surface area contributed by atoms with Gasteiger partial charge in [0.25, 0.3) is 0 Å². The van der Waals surface area contributed by atoms with Crippen molar-refractivity contribution >= 4 is 11.7 Å². The van der Waals surface area contributed by atoms with Gasteiger partial charge in [-0.1, -0.05) is 0 Å². The number of aromatic nitrogens is 2. The predicted molar refractivity (Wildman–Crippen MR) is 60.3 cm³/mol. The number of carbonyl (C=O) groups is 1. The van der Waals surface area contributed by atoms with Gasteiger partial charge in [0.05, 0.1) is 6.04 Å². The third-order valence-corrected chi connectivity index (χ3v) is 3.52. The first-order valence-electron chi connectivity index (χ1n) is 6.07. The summed E-state index contributed by atoms with van der Waals surface area (Å²) in [5.74, 6) is 0.887. The number of rotatable bonds is 3. The lowest BCUT2D eigenvalue weighted by atomic mass is 10.2. The van der Waals surface area contributed by atoms with Crippen molar-refractivity contribution in [1.82, 2.24) is 15.1 Å². The van der Waals surface area contributed by atoms with Gasteiger partial charge in [-0.25, -0.2) is 0 Å². The number of piperidine rings is 1. The maximum atomic E-state index is 12.2. The van der Waals surface area contributed by atoms with Crippen LogP contribution in [0.3, 0.4) is 0 Å². The van der Waals surface area contributed by atoms with Gasteiger partial charge in [0.15, 0.2) is 5.82 Å². The van der Waals surface area contributed by atoms with E-state index in [0.29, 0.717) is 11.8 Å². The van der Waals surface area contributed by atoms with Gasteiger partial charge >= 0.3 is 6.18 Å². The standard InChI is InChI=1S/C11H13F3N4O/c12-11(13,14)5-18-2-1-8(17-18)16-10(19)9-7-3-6(7)4-15-9/h1-2,6-7,9,15H,3-5H2,(H,16,17,19). The Morgan fingerprint density at radius 1 is 1.58 bits per heavy atom. The summed E-state index contributed by atoms with van der Waals surface area (Å²) in [5.41, 5.74) is 0. The molecule has 0 bridgehead atoms. The van der Waals surface area contributed by atoms with Crippen molar-refractivity contribution in [3.63, 3.8) is 0 Å². The summed E-state index contributed by atoms with van der Waals surface area (Å²) in [6, 6.07) is 1.13. The Morgan fingerprint density at radius 3 is 2.95 bits per heavy atom. The maximum Gasteiger partial charge on any atom is 0.408 e. The number of amides is 1. The fraction of sp³-hybridized carbons (Fsp3) is 0.636. The number of hydrogen-bond donors (Lipinski definition) is 2. The molecular weight excluding hydrogens is 261 g/mol. The topological polar surface area (TPSA) is 59.0 Å². The van der Waals surface area contributed by atoms with E-state index in [1.807, 2.05) is 0 Å². The van der Waals surface area contributed by atoms with Crippen LogP contribution >= 0.6 is 0 Å². The van der Waals surface area contributed by atoms with Gasteiger partial charge < -0.3 is 10.6 Å². The van der Waals surface area contributed by atoms with Crippen molar-refractivity contribution in [3.05, 3.63) is 12.3 Å². The average molecular weight is 274 g/mol. The Labute approximate surface area is 107 Å². The summed E-state index contributed by atoms with van der Waals surface area (Å²) in [6.07, 6.45) is -2.07. The van der Waals surface area contributed by atoms with Crippen molar-refractivity contribution in [2.24, 2.45) is 11.8 Å². The van der Waals surface area contributed by atoms with E-state index in [-0.39, 0.29) is 17.8 Å². The molecule has 5 nitrogen and oxygen atoms in total. The maximum absolute atomic E-state index is 12.2. The van der Waals surface area contributed by atoms with Gasteiger partial charge in [-0.3, -0.25) is 9.48 Å². The smallest absolute Gasteiger partial charge is 0.308 e. The van der Waals surface area contributed by atoms with E-state index in [4.69, 9.17) is 0 Å². The van der Waals surface area contributed by atoms with E-state index in [1.165, 1.54) is 12.3 Å². The molecule has 0 spiro atoms. The van der Waals surface area contributed by atoms with Crippen LogP contribution in [0.4, 0.5) is 19.0 Å². The van der Waals surface area contributed by atoms with E-state index < -0.39 is 12.7 Å². The van der Waals surface area contributed by atoms with Gasteiger partial charge in [-0.2, -0.15) is 18.3 Å². The van der Waals surface area contributed by atoms with Crippen LogP contribution in [0.5, 0.6) is 0 Å². The molecular formula is C11H13F3N4O. The Bertz CT molecular complexity index is 498. The minimum Gasteiger partial charge on any atom is -0.308 e. The average Bonchev–Trinajstić information content (AvgIpc) is 2.74. The second-order valence-electron chi connectivity index (χ2n) is 5.05. The van der Waals surface area contributed by atoms with Gasteiger partial charge in [0.1, 0.15) is 6.54 Å². The zero-order valence-corrected chi connectivity index (χ0v) is 9.94. The molecule has 0 aromatic carbocycles. The summed E-state index contributed by atoms with van der Waals surface area (Å²) in [4.78, 5) is 11.9. The highest BCUT2D eigenvalue weighted by Crippen LogP contribution is 2.45. The number of nitrogens with zero attached hydrogens (tertiary/aromatic N) is 2. The molecule has 2 aliphatic rings. The van der Waals surface area contributed by atoms with Crippen LogP contribution in [-0.2, 0) is 11.3 Å². The van der Waals surface area contributed by atoms with E-state index in [1.54, 1.807) is 0 Å². The molecule has 1 saturated carbocycles. The molecule has 1 aliphatic heterocycles. The molecule has 1 saturated heterocycles. The number of anilines is 1. The summed E-state index contributed by atoms with van der Waals surface area (Å²) in [7, 11) is 0. The van der Waals surface area contributed by atoms with Crippen LogP contribution in [0.2, 0.25) is 0 Å². The summed E-state index contributed by atoms with van der Waals surface area (Å²) >= 11 is 0. The lowest BCUT2D eigenvalue weighted by Crippen LogP contribution is -2.38. The molecule has 0 radical (unpaired) electrons. The van der Waals surface area contributed by atoms with Crippen LogP contribution in [0.1, 0.15) is 6.42 Å². The fourth-order valence-electron chi connectivity index (χ4n) is 2.53. The molecule has 1 amide bonds. The van der Waals surface area contributed by atoms with Gasteiger partial charge in [-0.05, 0) is 24.8 Å². The zero-order chi connectivity index (χ0) is 13.6. The van der Waals surface area contributed by atoms with E-state index in [2.05, 4.69) is 15.7 Å². The van der Waals surface area contributed by atoms with Crippen LogP contribution in [0.25, 0.3) is 0 Å². The molecule has 19 heavy (non-hydrogen) atoms. The van der Waals surface area contributed by atoms with Gasteiger partial charge in [0.2, 0.25) is 5.91 Å². The highest BCUT2D eigenvalue weighted by atomic mass is 19.4. The van der Waals surface area contributed by atoms with Crippen molar-refractivity contribution in [3.8, 4) is 0 Å². The molecule has 104 valence electrons. The predicted octanol–water partition coefficient (Wildman–Crippen LogP) is 0.992. The van der Waals surface area contributed by atoms with Crippen LogP contribution in [0.15, 0.2) is 12.3 Å². The normalized spacial score (nSPS) is 29.1. The minimum absolute atomic E-state index is 0.153. The van der Waals surface area contributed by atoms with Crippen LogP contribution in [0, 0.1) is 11.8 Å². The Morgan fingerprint density at radius 2 is 2.37 bits per heavy atom. The minimum atomic E-state index is -4.32. The van der Waals surface area contributed by atoms with Crippen molar-refractivity contribution in [2.45, 2.75) is 25.2 Å².